The van der Waals surface area contributed by atoms with Gasteiger partial charge < -0.3 is 20.3 Å². The van der Waals surface area contributed by atoms with Crippen LogP contribution in [0.1, 0.15) is 36.0 Å². The van der Waals surface area contributed by atoms with Crippen LogP contribution in [-0.4, -0.2) is 62.3 Å². The number of nitrogens with zero attached hydrogens (tertiary/aromatic N) is 1. The highest BCUT2D eigenvalue weighted by atomic mass is 35.5. The maximum Gasteiger partial charge on any atom is 0.223 e. The topological polar surface area (TPSA) is 87.7 Å². The smallest absolute Gasteiger partial charge is 0.223 e. The molecule has 29 heavy (non-hydrogen) atoms. The molecule has 0 unspecified atom stereocenters. The fourth-order valence-electron chi connectivity index (χ4n) is 3.99. The van der Waals surface area contributed by atoms with Gasteiger partial charge in [0.1, 0.15) is 5.75 Å². The number of ether oxygens (including phenoxy) is 1. The molecule has 1 aromatic carbocycles. The van der Waals surface area contributed by atoms with Gasteiger partial charge in [-0.3, -0.25) is 14.4 Å². The summed E-state index contributed by atoms with van der Waals surface area (Å²) in [6.07, 6.45) is 2.37. The lowest BCUT2D eigenvalue weighted by atomic mass is 9.92. The number of hydrogen-bond donors (Lipinski definition) is 2. The quantitative estimate of drug-likeness (QED) is 0.651. The SMILES string of the molecule is COc1ccc(C(=O)CNC(=O)CCC(=O)N2CC[C@@H]3CNC[C@@H]3CC2)cc1.Cl. The van der Waals surface area contributed by atoms with Gasteiger partial charge in [0.2, 0.25) is 11.8 Å². The van der Waals surface area contributed by atoms with Gasteiger partial charge in [-0.15, -0.1) is 12.4 Å². The number of carbonyl (C=O) groups is 3. The van der Waals surface area contributed by atoms with Crippen molar-refractivity contribution in [3.63, 3.8) is 0 Å². The average molecular weight is 424 g/mol. The van der Waals surface area contributed by atoms with E-state index in [2.05, 4.69) is 10.6 Å². The van der Waals surface area contributed by atoms with E-state index in [-0.39, 0.29) is 49.4 Å². The van der Waals surface area contributed by atoms with Crippen molar-refractivity contribution in [3.05, 3.63) is 29.8 Å². The number of fused-ring (bicyclic) bond motifs is 1. The number of methoxy groups -OCH3 is 1. The minimum absolute atomic E-state index is 0. The molecule has 2 heterocycles. The minimum atomic E-state index is -0.272. The first-order chi connectivity index (χ1) is 13.6. The van der Waals surface area contributed by atoms with Gasteiger partial charge in [-0.25, -0.2) is 0 Å². The predicted octanol–water partition coefficient (Wildman–Crippen LogP) is 1.65. The molecule has 2 saturated heterocycles. The highest BCUT2D eigenvalue weighted by Crippen LogP contribution is 2.27. The van der Waals surface area contributed by atoms with Crippen molar-refractivity contribution in [1.82, 2.24) is 15.5 Å². The maximum absolute atomic E-state index is 12.4. The second kappa shape index (κ2) is 11.2. The number of carbonyl (C=O) groups excluding carboxylic acids is 3. The number of rotatable bonds is 7. The number of hydrogen-bond acceptors (Lipinski definition) is 5. The summed E-state index contributed by atoms with van der Waals surface area (Å²) >= 11 is 0. The standard InChI is InChI=1S/C21H29N3O4.ClH/c1-28-18-4-2-15(3-5-18)19(25)14-23-20(26)6-7-21(27)24-10-8-16-12-22-13-17(16)9-11-24;/h2-5,16-17,22H,6-14H2,1H3,(H,23,26);1H/t16-,17+;. The van der Waals surface area contributed by atoms with E-state index in [9.17, 15) is 14.4 Å². The van der Waals surface area contributed by atoms with Crippen LogP contribution in [0.3, 0.4) is 0 Å². The Morgan fingerprint density at radius 3 is 2.28 bits per heavy atom. The summed E-state index contributed by atoms with van der Waals surface area (Å²) in [6, 6.07) is 6.75. The van der Waals surface area contributed by atoms with Crippen molar-refractivity contribution >= 4 is 30.0 Å². The zero-order valence-corrected chi connectivity index (χ0v) is 17.6. The first kappa shape index (κ1) is 23.2. The highest BCUT2D eigenvalue weighted by Gasteiger charge is 2.31. The first-order valence-electron chi connectivity index (χ1n) is 9.99. The van der Waals surface area contributed by atoms with E-state index in [4.69, 9.17) is 4.74 Å². The summed E-state index contributed by atoms with van der Waals surface area (Å²) in [6.45, 7) is 3.59. The highest BCUT2D eigenvalue weighted by molar-refractivity contribution is 5.99. The number of likely N-dealkylation sites (tertiary alicyclic amines) is 1. The Kier molecular flexibility index (Phi) is 8.92. The number of benzene rings is 1. The second-order valence-electron chi connectivity index (χ2n) is 7.56. The summed E-state index contributed by atoms with van der Waals surface area (Å²) < 4.78 is 5.06. The lowest BCUT2D eigenvalue weighted by molar-refractivity contribution is -0.133. The Balaban J connectivity index is 0.00000300. The van der Waals surface area contributed by atoms with Gasteiger partial charge in [0.15, 0.2) is 5.78 Å². The third-order valence-electron chi connectivity index (χ3n) is 5.80. The van der Waals surface area contributed by atoms with Gasteiger partial charge in [0.25, 0.3) is 0 Å². The molecule has 2 N–H and O–H groups in total. The third kappa shape index (κ3) is 6.44. The van der Waals surface area contributed by atoms with Crippen molar-refractivity contribution in [2.24, 2.45) is 11.8 Å². The molecule has 2 fully saturated rings. The number of nitrogens with one attached hydrogen (secondary N) is 2. The van der Waals surface area contributed by atoms with Crippen molar-refractivity contribution < 1.29 is 19.1 Å². The number of amides is 2. The molecule has 1 aromatic rings. The molecular weight excluding hydrogens is 394 g/mol. The van der Waals surface area contributed by atoms with E-state index in [0.717, 1.165) is 39.0 Å². The maximum atomic E-state index is 12.4. The molecule has 2 aliphatic rings. The first-order valence-corrected chi connectivity index (χ1v) is 9.99. The minimum Gasteiger partial charge on any atom is -0.497 e. The molecule has 0 radical (unpaired) electrons. The van der Waals surface area contributed by atoms with Crippen LogP contribution in [0.25, 0.3) is 0 Å². The fraction of sp³-hybridized carbons (Fsp3) is 0.571. The molecule has 0 aliphatic carbocycles. The van der Waals surface area contributed by atoms with E-state index < -0.39 is 0 Å². The normalized spacial score (nSPS) is 20.8. The summed E-state index contributed by atoms with van der Waals surface area (Å²) in [7, 11) is 1.56. The van der Waals surface area contributed by atoms with E-state index >= 15 is 0 Å². The van der Waals surface area contributed by atoms with Crippen LogP contribution in [0, 0.1) is 11.8 Å². The molecule has 0 aromatic heterocycles. The van der Waals surface area contributed by atoms with Crippen LogP contribution >= 0.6 is 12.4 Å². The van der Waals surface area contributed by atoms with Crippen molar-refractivity contribution in [2.45, 2.75) is 25.7 Å². The monoisotopic (exact) mass is 423 g/mol. The molecule has 2 aliphatic heterocycles. The van der Waals surface area contributed by atoms with Gasteiger partial charge in [0.05, 0.1) is 13.7 Å². The van der Waals surface area contributed by atoms with Crippen molar-refractivity contribution in [3.8, 4) is 5.75 Å². The molecule has 0 bridgehead atoms. The molecule has 0 spiro atoms. The molecule has 7 nitrogen and oxygen atoms in total. The van der Waals surface area contributed by atoms with E-state index in [0.29, 0.717) is 23.1 Å². The Bertz CT molecular complexity index is 696. The Morgan fingerprint density at radius 1 is 1.07 bits per heavy atom. The van der Waals surface area contributed by atoms with Crippen LogP contribution in [0.15, 0.2) is 24.3 Å². The summed E-state index contributed by atoms with van der Waals surface area (Å²) in [5.41, 5.74) is 0.516. The predicted molar refractivity (Wildman–Crippen MR) is 112 cm³/mol. The van der Waals surface area contributed by atoms with Crippen LogP contribution in [0.2, 0.25) is 0 Å². The molecule has 8 heteroatoms. The molecule has 3 rings (SSSR count). The van der Waals surface area contributed by atoms with Crippen LogP contribution in [0.5, 0.6) is 5.75 Å². The number of Topliss-reactive ketones (excluding diaryl/α,β-unsaturated/α-hetero) is 1. The molecule has 0 saturated carbocycles. The summed E-state index contributed by atoms with van der Waals surface area (Å²) in [4.78, 5) is 38.5. The van der Waals surface area contributed by atoms with Crippen LogP contribution in [-0.2, 0) is 9.59 Å². The molecular formula is C21H30ClN3O4. The lowest BCUT2D eigenvalue weighted by Crippen LogP contribution is -2.34. The van der Waals surface area contributed by atoms with Gasteiger partial charge in [-0.2, -0.15) is 0 Å². The van der Waals surface area contributed by atoms with E-state index in [1.54, 1.807) is 31.4 Å². The molecule has 2 atom stereocenters. The molecule has 2 amide bonds. The van der Waals surface area contributed by atoms with Crippen LogP contribution in [0.4, 0.5) is 0 Å². The number of ketones is 1. The zero-order chi connectivity index (χ0) is 19.9. The Hall–Kier alpha value is -2.12. The third-order valence-corrected chi connectivity index (χ3v) is 5.80. The summed E-state index contributed by atoms with van der Waals surface area (Å²) in [5, 5.41) is 6.04. The van der Waals surface area contributed by atoms with E-state index in [1.165, 1.54) is 0 Å². The Labute approximate surface area is 178 Å². The second-order valence-corrected chi connectivity index (χ2v) is 7.56. The van der Waals surface area contributed by atoms with E-state index in [1.807, 2.05) is 4.90 Å². The van der Waals surface area contributed by atoms with Gasteiger partial charge in [0, 0.05) is 31.5 Å². The van der Waals surface area contributed by atoms with Gasteiger partial charge in [-0.05, 0) is 62.0 Å². The van der Waals surface area contributed by atoms with Crippen LogP contribution < -0.4 is 15.4 Å². The van der Waals surface area contributed by atoms with Crippen molar-refractivity contribution in [2.75, 3.05) is 39.8 Å². The lowest BCUT2D eigenvalue weighted by Gasteiger charge is -2.20. The fourth-order valence-corrected chi connectivity index (χ4v) is 3.99. The van der Waals surface area contributed by atoms with Gasteiger partial charge in [-0.1, -0.05) is 0 Å². The van der Waals surface area contributed by atoms with Crippen molar-refractivity contribution in [1.29, 1.82) is 0 Å². The number of halogens is 1. The Morgan fingerprint density at radius 2 is 1.69 bits per heavy atom. The van der Waals surface area contributed by atoms with Gasteiger partial charge >= 0.3 is 0 Å². The average Bonchev–Trinajstić information content (AvgIpc) is 3.08. The zero-order valence-electron chi connectivity index (χ0n) is 16.8. The largest absolute Gasteiger partial charge is 0.497 e. The molecule has 160 valence electrons. The summed E-state index contributed by atoms with van der Waals surface area (Å²) in [5.74, 6) is 1.60.